The molecule has 0 aromatic heterocycles. The van der Waals surface area contributed by atoms with Crippen molar-refractivity contribution in [2.45, 2.75) is 50.2 Å². The largest absolute Gasteiger partial charge is 0.481 e. The summed E-state index contributed by atoms with van der Waals surface area (Å²) in [6.45, 7) is 0.536. The van der Waals surface area contributed by atoms with Crippen LogP contribution in [0.2, 0.25) is 0 Å². The Hall–Kier alpha value is -5.47. The number of alkyl halides is 6. The van der Waals surface area contributed by atoms with E-state index in [0.29, 0.717) is 24.6 Å². The van der Waals surface area contributed by atoms with E-state index in [-0.39, 0.29) is 48.6 Å². The average Bonchev–Trinajstić information content (AvgIpc) is 3.05. The number of carbonyl (C=O) groups excluding carboxylic acids is 2. The Morgan fingerprint density at radius 1 is 0.804 bits per heavy atom. The Morgan fingerprint density at radius 3 is 2.06 bits per heavy atom. The predicted octanol–water partition coefficient (Wildman–Crippen LogP) is 7.82. The number of amides is 2. The third-order valence-corrected chi connectivity index (χ3v) is 7.75. The molecular weight excluding hydrogens is 692 g/mol. The van der Waals surface area contributed by atoms with E-state index >= 15 is 4.39 Å². The van der Waals surface area contributed by atoms with Crippen LogP contribution < -0.4 is 15.4 Å². The molecule has 0 aliphatic heterocycles. The van der Waals surface area contributed by atoms with Gasteiger partial charge in [0, 0.05) is 36.6 Å². The van der Waals surface area contributed by atoms with Crippen LogP contribution in [0.5, 0.6) is 5.75 Å². The predicted molar refractivity (Wildman–Crippen MR) is 168 cm³/mol. The van der Waals surface area contributed by atoms with Gasteiger partial charge in [-0.2, -0.15) is 22.0 Å². The molecule has 0 bridgehead atoms. The molecule has 1 unspecified atom stereocenters. The molecule has 4 aromatic carbocycles. The fraction of sp³-hybridized carbons (Fsp3) is 0.250. The number of carboxylic acids is 1. The summed E-state index contributed by atoms with van der Waals surface area (Å²) in [6.07, 6.45) is -12.8. The summed E-state index contributed by atoms with van der Waals surface area (Å²) in [7, 11) is 0. The molecule has 2 amide bonds. The number of halogens is 8. The molecule has 0 saturated heterocycles. The second kappa shape index (κ2) is 15.6. The third kappa shape index (κ3) is 9.61. The van der Waals surface area contributed by atoms with E-state index in [1.807, 2.05) is 0 Å². The van der Waals surface area contributed by atoms with Gasteiger partial charge >= 0.3 is 18.3 Å². The van der Waals surface area contributed by atoms with Gasteiger partial charge in [-0.15, -0.1) is 0 Å². The number of carboxylic acid groups (broad SMARTS) is 1. The van der Waals surface area contributed by atoms with Crippen LogP contribution in [0.4, 0.5) is 35.1 Å². The first-order chi connectivity index (χ1) is 23.9. The first kappa shape index (κ1) is 38.3. The minimum atomic E-state index is -5.18. The summed E-state index contributed by atoms with van der Waals surface area (Å²) in [5.74, 6) is -6.57. The quantitative estimate of drug-likeness (QED) is 0.0910. The van der Waals surface area contributed by atoms with Gasteiger partial charge in [0.15, 0.2) is 0 Å². The Morgan fingerprint density at radius 2 is 1.45 bits per heavy atom. The van der Waals surface area contributed by atoms with Crippen LogP contribution >= 0.6 is 0 Å². The van der Waals surface area contributed by atoms with Crippen LogP contribution in [-0.4, -0.2) is 41.7 Å². The summed E-state index contributed by atoms with van der Waals surface area (Å²) < 4.78 is 117. The average molecular weight is 723 g/mol. The van der Waals surface area contributed by atoms with Crippen molar-refractivity contribution in [3.63, 3.8) is 0 Å². The topological polar surface area (TPSA) is 105 Å². The number of benzene rings is 4. The number of nitrogens with one attached hydrogen (secondary N) is 2. The van der Waals surface area contributed by atoms with Crippen molar-refractivity contribution in [2.75, 3.05) is 6.54 Å². The zero-order valence-electron chi connectivity index (χ0n) is 26.7. The van der Waals surface area contributed by atoms with Crippen molar-refractivity contribution in [1.29, 1.82) is 0 Å². The van der Waals surface area contributed by atoms with E-state index in [2.05, 4.69) is 15.4 Å². The molecule has 4 aromatic rings. The first-order valence-corrected chi connectivity index (χ1v) is 15.3. The normalized spacial score (nSPS) is 13.5. The zero-order chi connectivity index (χ0) is 37.6. The van der Waals surface area contributed by atoms with E-state index in [4.69, 9.17) is 5.11 Å². The molecule has 2 atom stereocenters. The van der Waals surface area contributed by atoms with Crippen LogP contribution in [0.15, 0.2) is 91.0 Å². The van der Waals surface area contributed by atoms with Gasteiger partial charge in [-0.05, 0) is 72.5 Å². The number of aliphatic carboxylic acids is 1. The molecule has 7 nitrogen and oxygen atoms in total. The molecule has 0 aliphatic carbocycles. The molecule has 4 rings (SSSR count). The zero-order valence-corrected chi connectivity index (χ0v) is 26.7. The van der Waals surface area contributed by atoms with Crippen LogP contribution in [-0.2, 0) is 22.9 Å². The minimum Gasteiger partial charge on any atom is -0.481 e. The number of hydrogen-bond donors (Lipinski definition) is 3. The van der Waals surface area contributed by atoms with Gasteiger partial charge < -0.3 is 20.5 Å². The van der Waals surface area contributed by atoms with Gasteiger partial charge in [-0.3, -0.25) is 14.4 Å². The van der Waals surface area contributed by atoms with Crippen LogP contribution in [0.25, 0.3) is 0 Å². The van der Waals surface area contributed by atoms with Gasteiger partial charge in [-0.1, -0.05) is 42.5 Å². The lowest BCUT2D eigenvalue weighted by Crippen LogP contribution is -2.49. The molecule has 0 aliphatic rings. The lowest BCUT2D eigenvalue weighted by atomic mass is 9.77. The Balaban J connectivity index is 1.91. The summed E-state index contributed by atoms with van der Waals surface area (Å²) >= 11 is 0. The highest BCUT2D eigenvalue weighted by molar-refractivity contribution is 5.96. The smallest absolute Gasteiger partial charge is 0.429 e. The number of ether oxygens (including phenoxy) is 1. The van der Waals surface area contributed by atoms with E-state index in [9.17, 15) is 45.1 Å². The molecule has 51 heavy (non-hydrogen) atoms. The molecule has 3 N–H and O–H groups in total. The highest BCUT2D eigenvalue weighted by Crippen LogP contribution is 2.39. The maximum atomic E-state index is 15.3. The van der Waals surface area contributed by atoms with E-state index in [1.165, 1.54) is 24.3 Å². The number of rotatable bonds is 14. The van der Waals surface area contributed by atoms with Crippen molar-refractivity contribution in [3.8, 4) is 5.75 Å². The fourth-order valence-corrected chi connectivity index (χ4v) is 5.17. The maximum Gasteiger partial charge on any atom is 0.429 e. The van der Waals surface area contributed by atoms with Crippen molar-refractivity contribution >= 4 is 17.8 Å². The monoisotopic (exact) mass is 722 g/mol. The van der Waals surface area contributed by atoms with Gasteiger partial charge in [0.1, 0.15) is 17.4 Å². The minimum absolute atomic E-state index is 0.0205. The molecule has 15 heteroatoms. The molecule has 0 radical (unpaired) electrons. The van der Waals surface area contributed by atoms with Crippen molar-refractivity contribution in [1.82, 2.24) is 10.6 Å². The SMILES string of the molecule is CC(F)C(F)(F)Oc1cc(F)cc([C@](Cc2ccccc2)(NC(=O)c2ccc(F)c(C(F)(F)F)c2)c2ccc(C(=O)NCCCC(=O)O)cc2)c1. The number of carbonyl (C=O) groups is 3. The third-order valence-electron chi connectivity index (χ3n) is 7.75. The van der Waals surface area contributed by atoms with Crippen molar-refractivity contribution in [2.24, 2.45) is 0 Å². The lowest BCUT2D eigenvalue weighted by molar-refractivity contribution is -0.215. The Kier molecular flexibility index (Phi) is 11.7. The second-order valence-electron chi connectivity index (χ2n) is 11.5. The van der Waals surface area contributed by atoms with E-state index < -0.39 is 70.3 Å². The summed E-state index contributed by atoms with van der Waals surface area (Å²) in [4.78, 5) is 37.4. The Labute approximate surface area is 286 Å². The maximum absolute atomic E-state index is 15.3. The van der Waals surface area contributed by atoms with Crippen LogP contribution in [0.1, 0.15) is 62.7 Å². The number of hydrogen-bond acceptors (Lipinski definition) is 4. The fourth-order valence-electron chi connectivity index (χ4n) is 5.17. The molecular formula is C36H30F8N2O5. The first-order valence-electron chi connectivity index (χ1n) is 15.3. The van der Waals surface area contributed by atoms with E-state index in [0.717, 1.165) is 18.2 Å². The lowest BCUT2D eigenvalue weighted by Gasteiger charge is -2.37. The Bertz CT molecular complexity index is 1870. The van der Waals surface area contributed by atoms with Gasteiger partial charge in [0.2, 0.25) is 6.17 Å². The van der Waals surface area contributed by atoms with E-state index in [1.54, 1.807) is 30.3 Å². The van der Waals surface area contributed by atoms with Crippen molar-refractivity contribution < 1.29 is 59.4 Å². The van der Waals surface area contributed by atoms with Gasteiger partial charge in [-0.25, -0.2) is 13.2 Å². The molecule has 0 heterocycles. The summed E-state index contributed by atoms with van der Waals surface area (Å²) in [5.41, 5.74) is -4.14. The molecule has 0 fully saturated rings. The summed E-state index contributed by atoms with van der Waals surface area (Å²) in [6, 6.07) is 17.1. The standard InChI is InChI=1S/C36H30F8N2O5/c1-21(37)36(43,44)51-28-18-26(17-27(38)19-28)34(20-22-6-3-2-4-7-22,46-33(50)24-11-14-30(39)29(16-24)35(40,41)42)25-12-9-23(10-13-25)32(49)45-15-5-8-31(47)48/h2-4,6-7,9-14,16-19,21H,5,8,15,20H2,1H3,(H,45,49)(H,46,50)(H,47,48)/t21?,34-/m1/s1. The highest BCUT2D eigenvalue weighted by Gasteiger charge is 2.42. The van der Waals surface area contributed by atoms with Gasteiger partial charge in [0.05, 0.1) is 11.1 Å². The highest BCUT2D eigenvalue weighted by atomic mass is 19.4. The molecule has 0 spiro atoms. The molecule has 270 valence electrons. The van der Waals surface area contributed by atoms with Gasteiger partial charge in [0.25, 0.3) is 11.8 Å². The van der Waals surface area contributed by atoms with Crippen molar-refractivity contribution in [3.05, 3.63) is 136 Å². The van der Waals surface area contributed by atoms with Crippen LogP contribution in [0.3, 0.4) is 0 Å². The molecule has 0 saturated carbocycles. The summed E-state index contributed by atoms with van der Waals surface area (Å²) in [5, 5.41) is 14.0. The second-order valence-corrected chi connectivity index (χ2v) is 11.5. The van der Waals surface area contributed by atoms with Crippen LogP contribution in [0, 0.1) is 11.6 Å².